The Kier molecular flexibility index (Phi) is 4.72. The lowest BCUT2D eigenvalue weighted by Gasteiger charge is -2.16. The minimum absolute atomic E-state index is 0.0443. The fourth-order valence-electron chi connectivity index (χ4n) is 0.856. The molecule has 0 aromatic heterocycles. The molecule has 0 aliphatic carbocycles. The number of hydrogen-bond donors (Lipinski definition) is 1. The molecule has 0 spiro atoms. The smallest absolute Gasteiger partial charge is 0.305 e. The molecular formula is C8H13NO4. The highest BCUT2D eigenvalue weighted by Gasteiger charge is 2.16. The second-order valence-electron chi connectivity index (χ2n) is 2.56. The Morgan fingerprint density at radius 2 is 1.85 bits per heavy atom. The van der Waals surface area contributed by atoms with Crippen LogP contribution < -0.4 is 0 Å². The van der Waals surface area contributed by atoms with Crippen molar-refractivity contribution in [1.29, 1.82) is 0 Å². The highest BCUT2D eigenvalue weighted by Crippen LogP contribution is 1.97. The predicted molar refractivity (Wildman–Crippen MR) is 44.9 cm³/mol. The molecule has 0 unspecified atom stereocenters. The zero-order valence-electron chi connectivity index (χ0n) is 7.74. The van der Waals surface area contributed by atoms with E-state index in [9.17, 15) is 14.4 Å². The van der Waals surface area contributed by atoms with Crippen LogP contribution in [0.4, 0.5) is 0 Å². The molecule has 5 heteroatoms. The van der Waals surface area contributed by atoms with Crippen molar-refractivity contribution in [2.24, 2.45) is 0 Å². The summed E-state index contributed by atoms with van der Waals surface area (Å²) < 4.78 is 0. The molecule has 0 bridgehead atoms. The molecule has 0 radical (unpaired) electrons. The van der Waals surface area contributed by atoms with Crippen LogP contribution in [0.3, 0.4) is 0 Å². The zero-order chi connectivity index (χ0) is 10.4. The Labute approximate surface area is 76.3 Å². The van der Waals surface area contributed by atoms with Gasteiger partial charge < -0.3 is 5.11 Å². The summed E-state index contributed by atoms with van der Waals surface area (Å²) in [5.74, 6) is -1.77. The van der Waals surface area contributed by atoms with Crippen LogP contribution in [-0.2, 0) is 14.4 Å². The van der Waals surface area contributed by atoms with E-state index < -0.39 is 11.9 Å². The van der Waals surface area contributed by atoms with Crippen LogP contribution >= 0.6 is 0 Å². The molecule has 5 nitrogen and oxygen atoms in total. The van der Waals surface area contributed by atoms with Crippen molar-refractivity contribution in [1.82, 2.24) is 4.90 Å². The highest BCUT2D eigenvalue weighted by atomic mass is 16.4. The van der Waals surface area contributed by atoms with Gasteiger partial charge in [0.25, 0.3) is 0 Å². The van der Waals surface area contributed by atoms with Crippen molar-refractivity contribution in [2.45, 2.75) is 26.7 Å². The molecule has 74 valence electrons. The Hall–Kier alpha value is -1.39. The van der Waals surface area contributed by atoms with Gasteiger partial charge >= 0.3 is 5.97 Å². The quantitative estimate of drug-likeness (QED) is 0.684. The lowest BCUT2D eigenvalue weighted by atomic mass is 10.3. The Morgan fingerprint density at radius 1 is 1.31 bits per heavy atom. The van der Waals surface area contributed by atoms with Crippen LogP contribution in [-0.4, -0.2) is 34.3 Å². The maximum Gasteiger partial charge on any atom is 0.305 e. The van der Waals surface area contributed by atoms with Crippen LogP contribution in [0.5, 0.6) is 0 Å². The first-order valence-electron chi connectivity index (χ1n) is 4.01. The third-order valence-corrected chi connectivity index (χ3v) is 1.53. The lowest BCUT2D eigenvalue weighted by molar-refractivity contribution is -0.144. The number of amides is 2. The van der Waals surface area contributed by atoms with Crippen molar-refractivity contribution in [3.05, 3.63) is 0 Å². The van der Waals surface area contributed by atoms with E-state index in [0.29, 0.717) is 0 Å². The molecule has 0 aromatic carbocycles. The molecule has 2 amide bonds. The van der Waals surface area contributed by atoms with Gasteiger partial charge in [0, 0.05) is 19.9 Å². The predicted octanol–water partition coefficient (Wildman–Crippen LogP) is 0.246. The molecule has 0 saturated heterocycles. The van der Waals surface area contributed by atoms with E-state index in [1.165, 1.54) is 6.92 Å². The summed E-state index contributed by atoms with van der Waals surface area (Å²) in [5, 5.41) is 8.35. The highest BCUT2D eigenvalue weighted by molar-refractivity contribution is 5.94. The number of imide groups is 1. The van der Waals surface area contributed by atoms with E-state index in [0.717, 1.165) is 4.90 Å². The number of aliphatic carboxylic acids is 1. The molecule has 13 heavy (non-hydrogen) atoms. The number of carbonyl (C=O) groups excluding carboxylic acids is 2. The maximum atomic E-state index is 11.1. The average molecular weight is 187 g/mol. The van der Waals surface area contributed by atoms with E-state index in [2.05, 4.69) is 0 Å². The van der Waals surface area contributed by atoms with Gasteiger partial charge in [-0.25, -0.2) is 0 Å². The molecule has 0 atom stereocenters. The van der Waals surface area contributed by atoms with Gasteiger partial charge in [0.1, 0.15) is 0 Å². The average Bonchev–Trinajstić information content (AvgIpc) is 2.03. The van der Waals surface area contributed by atoms with Crippen LogP contribution in [0.2, 0.25) is 0 Å². The standard InChI is InChI=1S/C8H13NO4/c1-3-7(11)9(6(2)10)5-4-8(12)13/h3-5H2,1-2H3,(H,12,13). The fourth-order valence-corrected chi connectivity index (χ4v) is 0.856. The minimum Gasteiger partial charge on any atom is -0.481 e. The maximum absolute atomic E-state index is 11.1. The molecule has 0 aliphatic rings. The van der Waals surface area contributed by atoms with Crippen LogP contribution in [0.25, 0.3) is 0 Å². The molecule has 0 heterocycles. The van der Waals surface area contributed by atoms with Crippen molar-refractivity contribution in [3.63, 3.8) is 0 Å². The van der Waals surface area contributed by atoms with E-state index in [-0.39, 0.29) is 25.3 Å². The zero-order valence-corrected chi connectivity index (χ0v) is 7.74. The normalized spacial score (nSPS) is 9.38. The Morgan fingerprint density at radius 3 is 2.15 bits per heavy atom. The summed E-state index contributed by atoms with van der Waals surface area (Å²) >= 11 is 0. The van der Waals surface area contributed by atoms with Gasteiger partial charge in [-0.05, 0) is 0 Å². The molecule has 0 saturated carbocycles. The molecular weight excluding hydrogens is 174 g/mol. The topological polar surface area (TPSA) is 74.7 Å². The van der Waals surface area contributed by atoms with Crippen LogP contribution in [0, 0.1) is 0 Å². The fraction of sp³-hybridized carbons (Fsp3) is 0.625. The molecule has 0 aliphatic heterocycles. The van der Waals surface area contributed by atoms with Crippen LogP contribution in [0.1, 0.15) is 26.7 Å². The first-order valence-corrected chi connectivity index (χ1v) is 4.01. The third kappa shape index (κ3) is 4.25. The van der Waals surface area contributed by atoms with Gasteiger partial charge in [0.15, 0.2) is 0 Å². The largest absolute Gasteiger partial charge is 0.481 e. The summed E-state index contributed by atoms with van der Waals surface area (Å²) in [4.78, 5) is 33.1. The molecule has 1 N–H and O–H groups in total. The SMILES string of the molecule is CCC(=O)N(CCC(=O)O)C(C)=O. The van der Waals surface area contributed by atoms with Gasteiger partial charge in [-0.2, -0.15) is 0 Å². The monoisotopic (exact) mass is 187 g/mol. The number of carboxylic acids is 1. The Bertz CT molecular complexity index is 224. The van der Waals surface area contributed by atoms with Gasteiger partial charge in [0.05, 0.1) is 6.42 Å². The second-order valence-corrected chi connectivity index (χ2v) is 2.56. The number of hydrogen-bond acceptors (Lipinski definition) is 3. The number of carboxylic acid groups (broad SMARTS) is 1. The van der Waals surface area contributed by atoms with Gasteiger partial charge in [-0.15, -0.1) is 0 Å². The van der Waals surface area contributed by atoms with Crippen molar-refractivity contribution in [2.75, 3.05) is 6.54 Å². The van der Waals surface area contributed by atoms with Crippen molar-refractivity contribution in [3.8, 4) is 0 Å². The van der Waals surface area contributed by atoms with Crippen molar-refractivity contribution < 1.29 is 19.5 Å². The van der Waals surface area contributed by atoms with E-state index in [1.807, 2.05) is 0 Å². The summed E-state index contributed by atoms with van der Waals surface area (Å²) in [5.41, 5.74) is 0. The summed E-state index contributed by atoms with van der Waals surface area (Å²) in [6.07, 6.45) is 0.00448. The molecule has 0 aromatic rings. The lowest BCUT2D eigenvalue weighted by Crippen LogP contribution is -2.36. The number of nitrogens with zero attached hydrogens (tertiary/aromatic N) is 1. The molecule has 0 rings (SSSR count). The van der Waals surface area contributed by atoms with E-state index in [4.69, 9.17) is 5.11 Å². The first-order chi connectivity index (χ1) is 5.99. The molecule has 0 fully saturated rings. The second kappa shape index (κ2) is 5.29. The third-order valence-electron chi connectivity index (χ3n) is 1.53. The first kappa shape index (κ1) is 11.6. The van der Waals surface area contributed by atoms with Gasteiger partial charge in [0.2, 0.25) is 11.8 Å². The Balaban J connectivity index is 4.18. The summed E-state index contributed by atoms with van der Waals surface area (Å²) in [7, 11) is 0. The number of rotatable bonds is 4. The van der Waals surface area contributed by atoms with E-state index in [1.54, 1.807) is 6.92 Å². The van der Waals surface area contributed by atoms with E-state index >= 15 is 0 Å². The van der Waals surface area contributed by atoms with Crippen LogP contribution in [0.15, 0.2) is 0 Å². The van der Waals surface area contributed by atoms with Gasteiger partial charge in [-0.3, -0.25) is 19.3 Å². The number of carbonyl (C=O) groups is 3. The van der Waals surface area contributed by atoms with Crippen molar-refractivity contribution >= 4 is 17.8 Å². The van der Waals surface area contributed by atoms with Gasteiger partial charge in [-0.1, -0.05) is 6.92 Å². The summed E-state index contributed by atoms with van der Waals surface area (Å²) in [6.45, 7) is 2.83. The minimum atomic E-state index is -1.02. The summed E-state index contributed by atoms with van der Waals surface area (Å²) in [6, 6.07) is 0.